The van der Waals surface area contributed by atoms with Crippen molar-refractivity contribution in [3.8, 4) is 17.7 Å². The molecule has 0 fully saturated rings. The predicted molar refractivity (Wildman–Crippen MR) is 119 cm³/mol. The molecule has 0 aliphatic carbocycles. The summed E-state index contributed by atoms with van der Waals surface area (Å²) in [6.45, 7) is 3.53. The van der Waals surface area contributed by atoms with Crippen molar-refractivity contribution in [1.29, 1.82) is 5.26 Å². The third-order valence-electron chi connectivity index (χ3n) is 5.25. The highest BCUT2D eigenvalue weighted by molar-refractivity contribution is 6.31. The Morgan fingerprint density at radius 3 is 2.78 bits per heavy atom. The molecule has 1 unspecified atom stereocenters. The zero-order valence-corrected chi connectivity index (χ0v) is 18.2. The standard InChI is InChI=1S/C23H20ClN5O3/c1-12-17(24)4-3-5-18(12)27-19(30)11-31-15-8-6-14(7-9-15)21-16(10-25)22(26)32-23-20(21)13(2)28-29-23/h3-9,21H,11,26H2,1-2H3,(H,27,30)(H,28,29). The smallest absolute Gasteiger partial charge is 0.262 e. The molecule has 0 spiro atoms. The molecule has 0 saturated heterocycles. The Morgan fingerprint density at radius 1 is 1.31 bits per heavy atom. The number of H-pyrrole nitrogens is 1. The summed E-state index contributed by atoms with van der Waals surface area (Å²) in [6, 6.07) is 14.6. The SMILES string of the molecule is Cc1[nH]nc2c1C(c1ccc(OCC(=O)Nc3cccc(Cl)c3C)cc1)C(C#N)=C(N)O2. The maximum Gasteiger partial charge on any atom is 0.262 e. The monoisotopic (exact) mass is 449 g/mol. The Kier molecular flexibility index (Phi) is 5.75. The second-order valence-electron chi connectivity index (χ2n) is 7.31. The number of carbonyl (C=O) groups excluding carboxylic acids is 1. The molecule has 4 rings (SSSR count). The number of fused-ring (bicyclic) bond motifs is 1. The van der Waals surface area contributed by atoms with Gasteiger partial charge in [0.2, 0.25) is 11.8 Å². The van der Waals surface area contributed by atoms with Crippen molar-refractivity contribution in [2.75, 3.05) is 11.9 Å². The van der Waals surface area contributed by atoms with Crippen LogP contribution in [0.5, 0.6) is 11.6 Å². The average molecular weight is 450 g/mol. The molecule has 1 atom stereocenters. The largest absolute Gasteiger partial charge is 0.484 e. The first-order chi connectivity index (χ1) is 15.4. The summed E-state index contributed by atoms with van der Waals surface area (Å²) in [4.78, 5) is 12.3. The molecular formula is C23H20ClN5O3. The topological polar surface area (TPSA) is 126 Å². The number of amides is 1. The lowest BCUT2D eigenvalue weighted by atomic mass is 9.84. The Morgan fingerprint density at radius 2 is 2.06 bits per heavy atom. The van der Waals surface area contributed by atoms with Gasteiger partial charge in [0.05, 0.1) is 5.92 Å². The molecule has 3 aromatic rings. The molecule has 9 heteroatoms. The van der Waals surface area contributed by atoms with Gasteiger partial charge < -0.3 is 20.5 Å². The van der Waals surface area contributed by atoms with Gasteiger partial charge in [-0.1, -0.05) is 29.8 Å². The quantitative estimate of drug-likeness (QED) is 0.542. The van der Waals surface area contributed by atoms with Crippen LogP contribution in [0, 0.1) is 25.2 Å². The van der Waals surface area contributed by atoms with Crippen LogP contribution in [0.15, 0.2) is 53.9 Å². The first-order valence-corrected chi connectivity index (χ1v) is 10.2. The fraction of sp³-hybridized carbons (Fsp3) is 0.174. The highest BCUT2D eigenvalue weighted by atomic mass is 35.5. The van der Waals surface area contributed by atoms with E-state index in [-0.39, 0.29) is 18.4 Å². The molecule has 2 aromatic carbocycles. The number of carbonyl (C=O) groups is 1. The number of aromatic nitrogens is 2. The number of nitrogens with two attached hydrogens (primary N) is 1. The van der Waals surface area contributed by atoms with Gasteiger partial charge in [0.25, 0.3) is 5.91 Å². The van der Waals surface area contributed by atoms with Gasteiger partial charge in [0.15, 0.2) is 6.61 Å². The molecule has 0 bridgehead atoms. The summed E-state index contributed by atoms with van der Waals surface area (Å²) in [6.07, 6.45) is 0. The number of hydrogen-bond acceptors (Lipinski definition) is 6. The summed E-state index contributed by atoms with van der Waals surface area (Å²) in [7, 11) is 0. The molecular weight excluding hydrogens is 430 g/mol. The zero-order valence-electron chi connectivity index (χ0n) is 17.4. The van der Waals surface area contributed by atoms with E-state index in [4.69, 9.17) is 26.8 Å². The highest BCUT2D eigenvalue weighted by Crippen LogP contribution is 2.42. The number of anilines is 1. The van der Waals surface area contributed by atoms with Crippen molar-refractivity contribution in [2.24, 2.45) is 5.73 Å². The fourth-order valence-electron chi connectivity index (χ4n) is 3.57. The van der Waals surface area contributed by atoms with E-state index in [9.17, 15) is 10.1 Å². The molecule has 32 heavy (non-hydrogen) atoms. The van der Waals surface area contributed by atoms with E-state index in [0.29, 0.717) is 27.9 Å². The number of rotatable bonds is 5. The van der Waals surface area contributed by atoms with Gasteiger partial charge in [-0.05, 0) is 49.2 Å². The molecule has 0 radical (unpaired) electrons. The summed E-state index contributed by atoms with van der Waals surface area (Å²) in [5, 5.41) is 20.0. The number of aryl methyl sites for hydroxylation is 1. The number of ether oxygens (including phenoxy) is 2. The Bertz CT molecular complexity index is 1260. The number of nitrogens with one attached hydrogen (secondary N) is 2. The van der Waals surface area contributed by atoms with Gasteiger partial charge in [-0.25, -0.2) is 0 Å². The normalized spacial score (nSPS) is 14.9. The highest BCUT2D eigenvalue weighted by Gasteiger charge is 2.34. The van der Waals surface area contributed by atoms with Crippen LogP contribution < -0.4 is 20.5 Å². The molecule has 2 heterocycles. The van der Waals surface area contributed by atoms with Crippen LogP contribution in [-0.2, 0) is 4.79 Å². The van der Waals surface area contributed by atoms with Gasteiger partial charge in [0.1, 0.15) is 17.4 Å². The van der Waals surface area contributed by atoms with Gasteiger partial charge in [-0.3, -0.25) is 9.89 Å². The number of nitriles is 1. The molecule has 1 aliphatic heterocycles. The molecule has 1 aromatic heterocycles. The summed E-state index contributed by atoms with van der Waals surface area (Å²) < 4.78 is 11.1. The minimum atomic E-state index is -0.411. The van der Waals surface area contributed by atoms with E-state index in [1.807, 2.05) is 26.0 Å². The summed E-state index contributed by atoms with van der Waals surface area (Å²) in [5.41, 5.74) is 10.1. The fourth-order valence-corrected chi connectivity index (χ4v) is 3.74. The minimum absolute atomic E-state index is 0.0322. The van der Waals surface area contributed by atoms with Crippen LogP contribution in [0.3, 0.4) is 0 Å². The Hall–Kier alpha value is -3.96. The van der Waals surface area contributed by atoms with Crippen molar-refractivity contribution in [3.05, 3.63) is 81.3 Å². The average Bonchev–Trinajstić information content (AvgIpc) is 3.15. The van der Waals surface area contributed by atoms with E-state index in [0.717, 1.165) is 22.4 Å². The maximum absolute atomic E-state index is 12.3. The molecule has 162 valence electrons. The number of benzene rings is 2. The third kappa shape index (κ3) is 3.98. The molecule has 0 saturated carbocycles. The Labute approximate surface area is 189 Å². The number of nitrogens with zero attached hydrogens (tertiary/aromatic N) is 2. The Balaban J connectivity index is 1.48. The van der Waals surface area contributed by atoms with Crippen molar-refractivity contribution in [2.45, 2.75) is 19.8 Å². The van der Waals surface area contributed by atoms with Gasteiger partial charge in [-0.2, -0.15) is 5.26 Å². The van der Waals surface area contributed by atoms with Crippen LogP contribution >= 0.6 is 11.6 Å². The van der Waals surface area contributed by atoms with Crippen molar-refractivity contribution in [1.82, 2.24) is 10.2 Å². The van der Waals surface area contributed by atoms with Gasteiger partial charge in [0, 0.05) is 22.0 Å². The molecule has 4 N–H and O–H groups in total. The van der Waals surface area contributed by atoms with Crippen molar-refractivity contribution < 1.29 is 14.3 Å². The van der Waals surface area contributed by atoms with Crippen LogP contribution in [0.2, 0.25) is 5.02 Å². The molecule has 1 amide bonds. The first kappa shape index (κ1) is 21.3. The minimum Gasteiger partial charge on any atom is -0.484 e. The van der Waals surface area contributed by atoms with E-state index >= 15 is 0 Å². The maximum atomic E-state index is 12.3. The van der Waals surface area contributed by atoms with Gasteiger partial charge >= 0.3 is 0 Å². The first-order valence-electron chi connectivity index (χ1n) is 9.79. The van der Waals surface area contributed by atoms with Crippen molar-refractivity contribution in [3.63, 3.8) is 0 Å². The predicted octanol–water partition coefficient (Wildman–Crippen LogP) is 3.92. The number of allylic oxidation sites excluding steroid dienone is 1. The van der Waals surface area contributed by atoms with E-state index in [2.05, 4.69) is 21.6 Å². The van der Waals surface area contributed by atoms with E-state index in [1.54, 1.807) is 30.3 Å². The lowest BCUT2D eigenvalue weighted by Gasteiger charge is -2.23. The summed E-state index contributed by atoms with van der Waals surface area (Å²) in [5.74, 6) is 0.191. The van der Waals surface area contributed by atoms with Crippen LogP contribution in [0.4, 0.5) is 5.69 Å². The number of halogens is 1. The second-order valence-corrected chi connectivity index (χ2v) is 7.72. The number of aromatic amines is 1. The second kappa shape index (κ2) is 8.65. The summed E-state index contributed by atoms with van der Waals surface area (Å²) >= 11 is 6.09. The van der Waals surface area contributed by atoms with Gasteiger partial charge in [-0.15, -0.1) is 5.10 Å². The lowest BCUT2D eigenvalue weighted by molar-refractivity contribution is -0.118. The lowest BCUT2D eigenvalue weighted by Crippen LogP contribution is -2.21. The third-order valence-corrected chi connectivity index (χ3v) is 5.66. The van der Waals surface area contributed by atoms with E-state index < -0.39 is 5.92 Å². The van der Waals surface area contributed by atoms with Crippen molar-refractivity contribution >= 4 is 23.2 Å². The van der Waals surface area contributed by atoms with Crippen LogP contribution in [-0.4, -0.2) is 22.7 Å². The number of hydrogen-bond donors (Lipinski definition) is 3. The van der Waals surface area contributed by atoms with E-state index in [1.165, 1.54) is 0 Å². The van der Waals surface area contributed by atoms with Crippen LogP contribution in [0.25, 0.3) is 0 Å². The van der Waals surface area contributed by atoms with Crippen LogP contribution in [0.1, 0.15) is 28.3 Å². The molecule has 1 aliphatic rings. The molecule has 8 nitrogen and oxygen atoms in total. The zero-order chi connectivity index (χ0) is 22.8.